The summed E-state index contributed by atoms with van der Waals surface area (Å²) in [7, 11) is 0. The first-order chi connectivity index (χ1) is 12.2. The van der Waals surface area contributed by atoms with Crippen LogP contribution in [0.4, 0.5) is 5.69 Å². The molecule has 0 unspecified atom stereocenters. The number of aryl methyl sites for hydroxylation is 2. The summed E-state index contributed by atoms with van der Waals surface area (Å²) in [5.74, 6) is -0.460. The molecule has 3 heterocycles. The number of esters is 1. The SMILES string of the molecule is CCOC(=O)/C=C/c1cc2cc3c4c(c2oc1=O)CCCN4CCC3. The molecule has 1 aromatic carbocycles. The molecule has 1 aromatic heterocycles. The molecule has 130 valence electrons. The first-order valence-electron chi connectivity index (χ1n) is 8.89. The van der Waals surface area contributed by atoms with E-state index in [0.29, 0.717) is 17.8 Å². The quantitative estimate of drug-likeness (QED) is 0.489. The van der Waals surface area contributed by atoms with Gasteiger partial charge in [-0.15, -0.1) is 0 Å². The van der Waals surface area contributed by atoms with Gasteiger partial charge in [-0.2, -0.15) is 0 Å². The highest BCUT2D eigenvalue weighted by Gasteiger charge is 2.26. The van der Waals surface area contributed by atoms with Crippen molar-refractivity contribution in [2.75, 3.05) is 24.6 Å². The predicted octanol–water partition coefficient (Wildman–Crippen LogP) is 3.07. The summed E-state index contributed by atoms with van der Waals surface area (Å²) in [6, 6.07) is 3.96. The second-order valence-electron chi connectivity index (χ2n) is 6.55. The molecule has 0 aliphatic carbocycles. The standard InChI is InChI=1S/C20H21NO4/c1-2-24-17(22)8-7-14-12-15-11-13-5-3-9-21-10-4-6-16(18(13)21)19(15)25-20(14)23/h7-8,11-12H,2-6,9-10H2,1H3/b8-7+. The van der Waals surface area contributed by atoms with Gasteiger partial charge in [0.15, 0.2) is 0 Å². The third-order valence-corrected chi connectivity index (χ3v) is 4.93. The van der Waals surface area contributed by atoms with Gasteiger partial charge in [-0.3, -0.25) is 0 Å². The molecule has 25 heavy (non-hydrogen) atoms. The Bertz CT molecular complexity index is 923. The Balaban J connectivity index is 1.83. The minimum atomic E-state index is -0.460. The van der Waals surface area contributed by atoms with Crippen molar-refractivity contribution >= 4 is 28.7 Å². The van der Waals surface area contributed by atoms with E-state index >= 15 is 0 Å². The molecule has 2 aliphatic heterocycles. The van der Waals surface area contributed by atoms with Gasteiger partial charge in [0.25, 0.3) is 0 Å². The fourth-order valence-corrected chi connectivity index (χ4v) is 3.93. The van der Waals surface area contributed by atoms with Crippen LogP contribution in [0.15, 0.2) is 27.4 Å². The molecule has 0 saturated heterocycles. The topological polar surface area (TPSA) is 59.8 Å². The van der Waals surface area contributed by atoms with E-state index < -0.39 is 11.6 Å². The molecule has 0 spiro atoms. The lowest BCUT2D eigenvalue weighted by molar-refractivity contribution is -0.137. The Kier molecular flexibility index (Phi) is 4.07. The van der Waals surface area contributed by atoms with Crippen molar-refractivity contribution in [3.8, 4) is 0 Å². The molecule has 0 amide bonds. The van der Waals surface area contributed by atoms with Crippen LogP contribution in [-0.2, 0) is 22.4 Å². The second-order valence-corrected chi connectivity index (χ2v) is 6.55. The number of nitrogens with zero attached hydrogens (tertiary/aromatic N) is 1. The Morgan fingerprint density at radius 3 is 2.88 bits per heavy atom. The van der Waals surface area contributed by atoms with Crippen LogP contribution in [0.2, 0.25) is 0 Å². The number of benzene rings is 1. The number of carbonyl (C=O) groups is 1. The van der Waals surface area contributed by atoms with Crippen molar-refractivity contribution in [2.45, 2.75) is 32.6 Å². The van der Waals surface area contributed by atoms with Crippen molar-refractivity contribution in [1.82, 2.24) is 0 Å². The third-order valence-electron chi connectivity index (χ3n) is 4.93. The van der Waals surface area contributed by atoms with Crippen molar-refractivity contribution < 1.29 is 13.9 Å². The highest BCUT2D eigenvalue weighted by molar-refractivity contribution is 5.91. The van der Waals surface area contributed by atoms with Crippen LogP contribution in [0.25, 0.3) is 17.0 Å². The molecule has 2 aromatic rings. The van der Waals surface area contributed by atoms with Gasteiger partial charge in [-0.05, 0) is 56.4 Å². The van der Waals surface area contributed by atoms with Crippen molar-refractivity contribution in [3.05, 3.63) is 45.3 Å². The Morgan fingerprint density at radius 2 is 2.08 bits per heavy atom. The molecular formula is C20H21NO4. The average Bonchev–Trinajstić information content (AvgIpc) is 2.61. The van der Waals surface area contributed by atoms with Gasteiger partial charge in [-0.1, -0.05) is 0 Å². The predicted molar refractivity (Wildman–Crippen MR) is 97.0 cm³/mol. The highest BCUT2D eigenvalue weighted by Crippen LogP contribution is 2.39. The Labute approximate surface area is 145 Å². The number of hydrogen-bond donors (Lipinski definition) is 0. The monoisotopic (exact) mass is 339 g/mol. The molecule has 5 nitrogen and oxygen atoms in total. The van der Waals surface area contributed by atoms with Gasteiger partial charge in [0.05, 0.1) is 12.2 Å². The summed E-state index contributed by atoms with van der Waals surface area (Å²) in [6.45, 7) is 4.21. The number of ether oxygens (including phenoxy) is 1. The van der Waals surface area contributed by atoms with E-state index in [4.69, 9.17) is 9.15 Å². The summed E-state index contributed by atoms with van der Waals surface area (Å²) in [5, 5.41) is 0.931. The molecule has 0 bridgehead atoms. The maximum Gasteiger partial charge on any atom is 0.343 e. The van der Waals surface area contributed by atoms with Crippen LogP contribution < -0.4 is 10.5 Å². The molecule has 5 heteroatoms. The minimum Gasteiger partial charge on any atom is -0.463 e. The Morgan fingerprint density at radius 1 is 1.28 bits per heavy atom. The molecular weight excluding hydrogens is 318 g/mol. The maximum absolute atomic E-state index is 12.4. The molecule has 4 rings (SSSR count). The summed E-state index contributed by atoms with van der Waals surface area (Å²) in [6.07, 6.45) is 6.98. The smallest absolute Gasteiger partial charge is 0.343 e. The third kappa shape index (κ3) is 2.84. The minimum absolute atomic E-state index is 0.307. The summed E-state index contributed by atoms with van der Waals surface area (Å²) in [5.41, 5.74) is 4.43. The molecule has 0 atom stereocenters. The van der Waals surface area contributed by atoms with Crippen LogP contribution >= 0.6 is 0 Å². The molecule has 0 fully saturated rings. The summed E-state index contributed by atoms with van der Waals surface area (Å²) >= 11 is 0. The van der Waals surface area contributed by atoms with E-state index in [-0.39, 0.29) is 0 Å². The fourth-order valence-electron chi connectivity index (χ4n) is 3.93. The lowest BCUT2D eigenvalue weighted by Crippen LogP contribution is -2.34. The van der Waals surface area contributed by atoms with Gasteiger partial charge < -0.3 is 14.1 Å². The van der Waals surface area contributed by atoms with Crippen molar-refractivity contribution in [1.29, 1.82) is 0 Å². The van der Waals surface area contributed by atoms with E-state index in [1.807, 2.05) is 6.07 Å². The highest BCUT2D eigenvalue weighted by atomic mass is 16.5. The van der Waals surface area contributed by atoms with Crippen molar-refractivity contribution in [2.24, 2.45) is 0 Å². The number of hydrogen-bond acceptors (Lipinski definition) is 5. The van der Waals surface area contributed by atoms with Crippen LogP contribution in [0, 0.1) is 0 Å². The average molecular weight is 339 g/mol. The van der Waals surface area contributed by atoms with E-state index in [1.165, 1.54) is 23.4 Å². The number of carbonyl (C=O) groups excluding carboxylic acids is 1. The maximum atomic E-state index is 12.4. The second kappa shape index (κ2) is 6.39. The molecule has 0 N–H and O–H groups in total. The van der Waals surface area contributed by atoms with Gasteiger partial charge in [-0.25, -0.2) is 9.59 Å². The zero-order valence-corrected chi connectivity index (χ0v) is 14.3. The van der Waals surface area contributed by atoms with Crippen LogP contribution in [0.1, 0.15) is 36.5 Å². The normalized spacial score (nSPS) is 16.3. The van der Waals surface area contributed by atoms with Crippen LogP contribution in [-0.4, -0.2) is 25.7 Å². The van der Waals surface area contributed by atoms with Gasteiger partial charge in [0.2, 0.25) is 0 Å². The van der Waals surface area contributed by atoms with E-state index in [9.17, 15) is 9.59 Å². The largest absolute Gasteiger partial charge is 0.463 e. The lowest BCUT2D eigenvalue weighted by Gasteiger charge is -2.37. The fraction of sp³-hybridized carbons (Fsp3) is 0.400. The molecule has 2 aliphatic rings. The van der Waals surface area contributed by atoms with Crippen LogP contribution in [0.5, 0.6) is 0 Å². The van der Waals surface area contributed by atoms with E-state index in [1.54, 1.807) is 6.92 Å². The van der Waals surface area contributed by atoms with Gasteiger partial charge in [0.1, 0.15) is 5.58 Å². The molecule has 0 saturated carbocycles. The van der Waals surface area contributed by atoms with Gasteiger partial charge in [0, 0.05) is 35.8 Å². The Hall–Kier alpha value is -2.56. The van der Waals surface area contributed by atoms with E-state index in [0.717, 1.165) is 49.7 Å². The summed E-state index contributed by atoms with van der Waals surface area (Å²) < 4.78 is 10.5. The molecule has 0 radical (unpaired) electrons. The van der Waals surface area contributed by atoms with Gasteiger partial charge >= 0.3 is 11.6 Å². The van der Waals surface area contributed by atoms with Crippen LogP contribution in [0.3, 0.4) is 0 Å². The van der Waals surface area contributed by atoms with E-state index in [2.05, 4.69) is 11.0 Å². The number of rotatable bonds is 3. The zero-order valence-electron chi connectivity index (χ0n) is 14.3. The first-order valence-corrected chi connectivity index (χ1v) is 8.89. The lowest BCUT2D eigenvalue weighted by atomic mass is 9.90. The summed E-state index contributed by atoms with van der Waals surface area (Å²) in [4.78, 5) is 26.3. The number of fused-ring (bicyclic) bond motifs is 2. The number of anilines is 1. The zero-order chi connectivity index (χ0) is 17.4. The first kappa shape index (κ1) is 15.9. The van der Waals surface area contributed by atoms with Crippen molar-refractivity contribution in [3.63, 3.8) is 0 Å².